The Morgan fingerprint density at radius 2 is 1.86 bits per heavy atom. The summed E-state index contributed by atoms with van der Waals surface area (Å²) in [7, 11) is 1.46. The Bertz CT molecular complexity index is 694. The van der Waals surface area contributed by atoms with Crippen LogP contribution in [0.25, 0.3) is 0 Å². The molecule has 0 bridgehead atoms. The Hall–Kier alpha value is -1.18. The van der Waals surface area contributed by atoms with Gasteiger partial charge in [0.05, 0.1) is 12.7 Å². The van der Waals surface area contributed by atoms with Crippen LogP contribution in [-0.2, 0) is 17.6 Å². The number of anilines is 1. The molecule has 3 rings (SSSR count). The highest BCUT2D eigenvalue weighted by molar-refractivity contribution is 7.80. The van der Waals surface area contributed by atoms with E-state index in [-0.39, 0.29) is 5.97 Å². The number of fused-ring (bicyclic) bond motifs is 1. The fourth-order valence-electron chi connectivity index (χ4n) is 4.21. The van der Waals surface area contributed by atoms with Gasteiger partial charge < -0.3 is 20.3 Å². The molecule has 1 aromatic rings. The first kappa shape index (κ1) is 21.5. The van der Waals surface area contributed by atoms with Gasteiger partial charge in [-0.2, -0.15) is 0 Å². The molecule has 0 saturated carbocycles. The van der Waals surface area contributed by atoms with E-state index in [1.807, 2.05) is 0 Å². The molecule has 1 aromatic heterocycles. The van der Waals surface area contributed by atoms with E-state index in [1.54, 1.807) is 11.3 Å². The molecular weight excluding hydrogens is 390 g/mol. The summed E-state index contributed by atoms with van der Waals surface area (Å²) in [5.41, 5.74) is 1.87. The monoisotopic (exact) mass is 423 g/mol. The molecule has 2 heterocycles. The third-order valence-electron chi connectivity index (χ3n) is 5.88. The van der Waals surface area contributed by atoms with Gasteiger partial charge in [-0.05, 0) is 70.2 Å². The summed E-state index contributed by atoms with van der Waals surface area (Å²) in [6.07, 6.45) is 8.98. The zero-order valence-corrected chi connectivity index (χ0v) is 18.9. The maximum Gasteiger partial charge on any atom is 0.341 e. The number of aryl methyl sites for hydroxylation is 1. The topological polar surface area (TPSA) is 53.6 Å². The van der Waals surface area contributed by atoms with Crippen molar-refractivity contribution in [1.29, 1.82) is 0 Å². The number of thiocarbonyl (C=S) groups is 1. The summed E-state index contributed by atoms with van der Waals surface area (Å²) >= 11 is 7.27. The minimum absolute atomic E-state index is 0.256. The van der Waals surface area contributed by atoms with Gasteiger partial charge in [0.15, 0.2) is 5.11 Å². The predicted octanol–water partition coefficient (Wildman–Crippen LogP) is 4.35. The molecule has 1 fully saturated rings. The molecule has 5 nitrogen and oxygen atoms in total. The Kier molecular flexibility index (Phi) is 7.71. The second kappa shape index (κ2) is 10.0. The molecule has 7 heteroatoms. The molecule has 0 aromatic carbocycles. The number of carbonyl (C=O) groups excluding carboxylic acids is 1. The average molecular weight is 424 g/mol. The first-order valence-electron chi connectivity index (χ1n) is 10.5. The van der Waals surface area contributed by atoms with E-state index in [0.29, 0.717) is 22.8 Å². The van der Waals surface area contributed by atoms with Crippen LogP contribution in [0.1, 0.15) is 73.2 Å². The van der Waals surface area contributed by atoms with E-state index >= 15 is 0 Å². The zero-order chi connectivity index (χ0) is 20.1. The number of hydrogen-bond acceptors (Lipinski definition) is 5. The van der Waals surface area contributed by atoms with Crippen LogP contribution in [0.15, 0.2) is 0 Å². The van der Waals surface area contributed by atoms with Gasteiger partial charge in [-0.25, -0.2) is 4.79 Å². The van der Waals surface area contributed by atoms with Gasteiger partial charge in [0.2, 0.25) is 0 Å². The van der Waals surface area contributed by atoms with Crippen molar-refractivity contribution in [3.05, 3.63) is 16.0 Å². The van der Waals surface area contributed by atoms with Crippen molar-refractivity contribution in [1.82, 2.24) is 10.2 Å². The van der Waals surface area contributed by atoms with Gasteiger partial charge in [0, 0.05) is 30.1 Å². The van der Waals surface area contributed by atoms with Gasteiger partial charge in [-0.15, -0.1) is 11.3 Å². The number of hydrogen-bond donors (Lipinski definition) is 2. The van der Waals surface area contributed by atoms with E-state index in [1.165, 1.54) is 36.8 Å². The number of rotatable bonds is 4. The number of thiophene rings is 1. The lowest BCUT2D eigenvalue weighted by molar-refractivity contribution is 0.0601. The Balaban J connectivity index is 1.68. The quantitative estimate of drug-likeness (QED) is 0.555. The van der Waals surface area contributed by atoms with E-state index < -0.39 is 0 Å². The van der Waals surface area contributed by atoms with E-state index in [0.717, 1.165) is 50.2 Å². The standard InChI is InChI=1S/C21H33N3O2S2/c1-14(2)24-12-10-15(11-13-24)22-21(27)23-19-18(20(25)26-3)16-8-6-4-5-7-9-17(16)28-19/h14-15H,4-13H2,1-3H3,(H2,22,23,27). The highest BCUT2D eigenvalue weighted by atomic mass is 32.1. The number of methoxy groups -OCH3 is 1. The smallest absolute Gasteiger partial charge is 0.341 e. The number of ether oxygens (including phenoxy) is 1. The average Bonchev–Trinajstić information content (AvgIpc) is 2.97. The van der Waals surface area contributed by atoms with Crippen molar-refractivity contribution < 1.29 is 9.53 Å². The highest BCUT2D eigenvalue weighted by Crippen LogP contribution is 2.37. The molecule has 0 atom stereocenters. The third-order valence-corrected chi connectivity index (χ3v) is 7.31. The minimum Gasteiger partial charge on any atom is -0.465 e. The lowest BCUT2D eigenvalue weighted by Gasteiger charge is -2.35. The highest BCUT2D eigenvalue weighted by Gasteiger charge is 2.26. The van der Waals surface area contributed by atoms with Crippen LogP contribution in [0.4, 0.5) is 5.00 Å². The number of likely N-dealkylation sites (tertiary alicyclic amines) is 1. The molecule has 156 valence electrons. The van der Waals surface area contributed by atoms with E-state index in [4.69, 9.17) is 17.0 Å². The zero-order valence-electron chi connectivity index (χ0n) is 17.3. The number of nitrogens with one attached hydrogen (secondary N) is 2. The van der Waals surface area contributed by atoms with E-state index in [2.05, 4.69) is 29.4 Å². The second-order valence-corrected chi connectivity index (χ2v) is 9.63. The summed E-state index contributed by atoms with van der Waals surface area (Å²) in [6.45, 7) is 6.69. The number of nitrogens with zero attached hydrogens (tertiary/aromatic N) is 1. The summed E-state index contributed by atoms with van der Waals surface area (Å²) in [4.78, 5) is 16.3. The molecule has 0 amide bonds. The van der Waals surface area contributed by atoms with Crippen LogP contribution in [0, 0.1) is 0 Å². The number of piperidine rings is 1. The maximum absolute atomic E-state index is 12.5. The molecule has 2 N–H and O–H groups in total. The first-order chi connectivity index (χ1) is 13.5. The Morgan fingerprint density at radius 3 is 2.50 bits per heavy atom. The molecule has 1 aliphatic heterocycles. The molecule has 2 aliphatic rings. The molecule has 0 radical (unpaired) electrons. The normalized spacial score (nSPS) is 18.9. The summed E-state index contributed by atoms with van der Waals surface area (Å²) in [5, 5.41) is 8.25. The van der Waals surface area contributed by atoms with Gasteiger partial charge >= 0.3 is 5.97 Å². The van der Waals surface area contributed by atoms with Gasteiger partial charge in [0.1, 0.15) is 5.00 Å². The maximum atomic E-state index is 12.5. The van der Waals surface area contributed by atoms with Crippen LogP contribution in [-0.4, -0.2) is 48.3 Å². The van der Waals surface area contributed by atoms with Gasteiger partial charge in [-0.3, -0.25) is 0 Å². The molecule has 0 spiro atoms. The largest absolute Gasteiger partial charge is 0.465 e. The fourth-order valence-corrected chi connectivity index (χ4v) is 5.83. The first-order valence-corrected chi connectivity index (χ1v) is 11.8. The van der Waals surface area contributed by atoms with Gasteiger partial charge in [0.25, 0.3) is 0 Å². The number of esters is 1. The lowest BCUT2D eigenvalue weighted by Crippen LogP contribution is -2.47. The van der Waals surface area contributed by atoms with Crippen molar-refractivity contribution in [3.8, 4) is 0 Å². The molecule has 28 heavy (non-hydrogen) atoms. The second-order valence-electron chi connectivity index (χ2n) is 8.12. The minimum atomic E-state index is -0.256. The molecule has 1 aliphatic carbocycles. The molecule has 0 unspecified atom stereocenters. The van der Waals surface area contributed by atoms with Crippen molar-refractivity contribution in [2.45, 2.75) is 77.3 Å². The van der Waals surface area contributed by atoms with Crippen molar-refractivity contribution in [2.24, 2.45) is 0 Å². The summed E-state index contributed by atoms with van der Waals surface area (Å²) in [6, 6.07) is 0.983. The summed E-state index contributed by atoms with van der Waals surface area (Å²) in [5.74, 6) is -0.256. The van der Waals surface area contributed by atoms with Crippen LogP contribution in [0.2, 0.25) is 0 Å². The van der Waals surface area contributed by atoms with Crippen molar-refractivity contribution in [2.75, 3.05) is 25.5 Å². The lowest BCUT2D eigenvalue weighted by atomic mass is 9.96. The predicted molar refractivity (Wildman–Crippen MR) is 121 cm³/mol. The Labute approximate surface area is 178 Å². The van der Waals surface area contributed by atoms with Gasteiger partial charge in [-0.1, -0.05) is 12.8 Å². The van der Waals surface area contributed by atoms with Crippen LogP contribution < -0.4 is 10.6 Å². The number of carbonyl (C=O) groups is 1. The molecular formula is C21H33N3O2S2. The molecule has 1 saturated heterocycles. The SMILES string of the molecule is COC(=O)c1c(NC(=S)NC2CCN(C(C)C)CC2)sc2c1CCCCCC2. The summed E-state index contributed by atoms with van der Waals surface area (Å²) < 4.78 is 5.10. The van der Waals surface area contributed by atoms with E-state index in [9.17, 15) is 4.79 Å². The van der Waals surface area contributed by atoms with Crippen LogP contribution in [0.3, 0.4) is 0 Å². The fraction of sp³-hybridized carbons (Fsp3) is 0.714. The van der Waals surface area contributed by atoms with Crippen LogP contribution >= 0.6 is 23.6 Å². The van der Waals surface area contributed by atoms with Crippen LogP contribution in [0.5, 0.6) is 0 Å². The Morgan fingerprint density at radius 1 is 1.18 bits per heavy atom. The third kappa shape index (κ3) is 5.24. The van der Waals surface area contributed by atoms with Crippen molar-refractivity contribution >= 4 is 39.6 Å². The van der Waals surface area contributed by atoms with Crippen molar-refractivity contribution in [3.63, 3.8) is 0 Å².